The van der Waals surface area contributed by atoms with E-state index in [2.05, 4.69) is 0 Å². The highest BCUT2D eigenvalue weighted by molar-refractivity contribution is 6.32. The Morgan fingerprint density at radius 2 is 1.57 bits per heavy atom. The second kappa shape index (κ2) is 5.27. The van der Waals surface area contributed by atoms with Crippen molar-refractivity contribution in [2.75, 3.05) is 0 Å². The maximum atomic E-state index is 10.7. The summed E-state index contributed by atoms with van der Waals surface area (Å²) in [5.74, 6) is 0.320. The highest BCUT2D eigenvalue weighted by atomic mass is 35.5. The van der Waals surface area contributed by atoms with Gasteiger partial charge in [-0.05, 0) is 43.0 Å². The first kappa shape index (κ1) is 15.7. The predicted octanol–water partition coefficient (Wildman–Crippen LogP) is 5.33. The van der Waals surface area contributed by atoms with E-state index in [0.717, 1.165) is 16.7 Å². The molecule has 2 aromatic carbocycles. The SMILES string of the molecule is Cc1ccc(O)c(-c2cc(Cl)c(C)c(C(C)(C)C)c2O)c1. The van der Waals surface area contributed by atoms with E-state index in [1.54, 1.807) is 12.1 Å². The van der Waals surface area contributed by atoms with Gasteiger partial charge in [-0.1, -0.05) is 44.0 Å². The minimum absolute atomic E-state index is 0.135. The van der Waals surface area contributed by atoms with Gasteiger partial charge in [0.2, 0.25) is 0 Å². The molecule has 0 spiro atoms. The first-order valence-corrected chi connectivity index (χ1v) is 7.33. The Hall–Kier alpha value is -1.67. The Kier molecular flexibility index (Phi) is 3.94. The number of hydrogen-bond acceptors (Lipinski definition) is 2. The van der Waals surface area contributed by atoms with Gasteiger partial charge in [-0.25, -0.2) is 0 Å². The Balaban J connectivity index is 2.83. The molecule has 0 aliphatic heterocycles. The van der Waals surface area contributed by atoms with Crippen molar-refractivity contribution in [3.05, 3.63) is 46.0 Å². The number of aryl methyl sites for hydroxylation is 1. The molecule has 2 nitrogen and oxygen atoms in total. The molecule has 0 heterocycles. The second-order valence-electron chi connectivity index (χ2n) is 6.53. The normalized spacial score (nSPS) is 11.7. The van der Waals surface area contributed by atoms with Crippen LogP contribution < -0.4 is 0 Å². The largest absolute Gasteiger partial charge is 0.507 e. The Bertz CT molecular complexity index is 697. The minimum Gasteiger partial charge on any atom is -0.507 e. The van der Waals surface area contributed by atoms with Gasteiger partial charge < -0.3 is 10.2 Å². The highest BCUT2D eigenvalue weighted by Crippen LogP contribution is 2.45. The third-order valence-electron chi connectivity index (χ3n) is 3.69. The molecule has 0 radical (unpaired) electrons. The smallest absolute Gasteiger partial charge is 0.127 e. The predicted molar refractivity (Wildman–Crippen MR) is 88.4 cm³/mol. The first-order chi connectivity index (χ1) is 9.62. The summed E-state index contributed by atoms with van der Waals surface area (Å²) in [7, 11) is 0. The molecule has 112 valence electrons. The molecule has 21 heavy (non-hydrogen) atoms. The molecule has 0 amide bonds. The molecule has 2 rings (SSSR count). The van der Waals surface area contributed by atoms with Gasteiger partial charge in [-0.2, -0.15) is 0 Å². The Morgan fingerprint density at radius 3 is 2.14 bits per heavy atom. The number of aromatic hydroxyl groups is 2. The fourth-order valence-electron chi connectivity index (χ4n) is 2.72. The van der Waals surface area contributed by atoms with Crippen molar-refractivity contribution in [2.45, 2.75) is 40.0 Å². The average Bonchev–Trinajstić information content (AvgIpc) is 2.35. The summed E-state index contributed by atoms with van der Waals surface area (Å²) in [5.41, 5.74) is 3.61. The standard InChI is InChI=1S/C18H21ClO2/c1-10-6-7-15(20)12(8-10)13-9-14(19)11(2)16(17(13)21)18(3,4)5/h6-9,20-21H,1-5H3. The Morgan fingerprint density at radius 1 is 0.952 bits per heavy atom. The lowest BCUT2D eigenvalue weighted by Crippen LogP contribution is -2.14. The third-order valence-corrected chi connectivity index (χ3v) is 4.08. The lowest BCUT2D eigenvalue weighted by Gasteiger charge is -2.25. The molecular formula is C18H21ClO2. The number of hydrogen-bond donors (Lipinski definition) is 2. The van der Waals surface area contributed by atoms with Gasteiger partial charge >= 0.3 is 0 Å². The molecule has 0 saturated heterocycles. The van der Waals surface area contributed by atoms with Gasteiger partial charge in [0.1, 0.15) is 11.5 Å². The molecule has 0 unspecified atom stereocenters. The van der Waals surface area contributed by atoms with E-state index in [9.17, 15) is 10.2 Å². The summed E-state index contributed by atoms with van der Waals surface area (Å²) in [4.78, 5) is 0. The van der Waals surface area contributed by atoms with Gasteiger partial charge in [0, 0.05) is 21.7 Å². The van der Waals surface area contributed by atoms with Crippen LogP contribution >= 0.6 is 11.6 Å². The highest BCUT2D eigenvalue weighted by Gasteiger charge is 2.25. The number of rotatable bonds is 1. The zero-order valence-corrected chi connectivity index (χ0v) is 13.8. The monoisotopic (exact) mass is 304 g/mol. The van der Waals surface area contributed by atoms with Crippen LogP contribution in [0.5, 0.6) is 11.5 Å². The van der Waals surface area contributed by atoms with Crippen molar-refractivity contribution < 1.29 is 10.2 Å². The fourth-order valence-corrected chi connectivity index (χ4v) is 2.93. The molecule has 0 fully saturated rings. The topological polar surface area (TPSA) is 40.5 Å². The molecule has 3 heteroatoms. The van der Waals surface area contributed by atoms with Gasteiger partial charge in [0.25, 0.3) is 0 Å². The summed E-state index contributed by atoms with van der Waals surface area (Å²) in [6.07, 6.45) is 0. The third kappa shape index (κ3) is 2.86. The molecule has 0 aliphatic rings. The van der Waals surface area contributed by atoms with Crippen molar-refractivity contribution in [1.29, 1.82) is 0 Å². The van der Waals surface area contributed by atoms with E-state index >= 15 is 0 Å². The van der Waals surface area contributed by atoms with Gasteiger partial charge in [0.15, 0.2) is 0 Å². The van der Waals surface area contributed by atoms with Crippen LogP contribution in [0.4, 0.5) is 0 Å². The van der Waals surface area contributed by atoms with Crippen molar-refractivity contribution in [3.63, 3.8) is 0 Å². The van der Waals surface area contributed by atoms with Gasteiger partial charge in [-0.3, -0.25) is 0 Å². The van der Waals surface area contributed by atoms with Crippen molar-refractivity contribution in [2.24, 2.45) is 0 Å². The van der Waals surface area contributed by atoms with Crippen LogP contribution in [0.2, 0.25) is 5.02 Å². The molecule has 2 aromatic rings. The number of benzene rings is 2. The van der Waals surface area contributed by atoms with Crippen molar-refractivity contribution in [3.8, 4) is 22.6 Å². The van der Waals surface area contributed by atoms with Gasteiger partial charge in [-0.15, -0.1) is 0 Å². The first-order valence-electron chi connectivity index (χ1n) is 6.95. The summed E-state index contributed by atoms with van der Waals surface area (Å²) >= 11 is 6.35. The second-order valence-corrected chi connectivity index (χ2v) is 6.93. The quantitative estimate of drug-likeness (QED) is 0.747. The molecule has 0 aromatic heterocycles. The average molecular weight is 305 g/mol. The van der Waals surface area contributed by atoms with E-state index in [1.807, 2.05) is 46.8 Å². The van der Waals surface area contributed by atoms with Crippen LogP contribution in [0, 0.1) is 13.8 Å². The van der Waals surface area contributed by atoms with Crippen molar-refractivity contribution >= 4 is 11.6 Å². The molecule has 0 aliphatic carbocycles. The lowest BCUT2D eigenvalue weighted by molar-refractivity contribution is 0.445. The van der Waals surface area contributed by atoms with Gasteiger partial charge in [0.05, 0.1) is 0 Å². The van der Waals surface area contributed by atoms with Crippen LogP contribution in [0.1, 0.15) is 37.5 Å². The van der Waals surface area contributed by atoms with E-state index in [4.69, 9.17) is 11.6 Å². The zero-order chi connectivity index (χ0) is 15.9. The van der Waals surface area contributed by atoms with Crippen molar-refractivity contribution in [1.82, 2.24) is 0 Å². The van der Waals surface area contributed by atoms with E-state index in [-0.39, 0.29) is 16.9 Å². The molecule has 2 N–H and O–H groups in total. The zero-order valence-electron chi connectivity index (χ0n) is 13.1. The number of halogens is 1. The van der Waals surface area contributed by atoms with E-state index < -0.39 is 0 Å². The summed E-state index contributed by atoms with van der Waals surface area (Å²) in [6.45, 7) is 9.95. The molecule has 0 saturated carbocycles. The summed E-state index contributed by atoms with van der Waals surface area (Å²) < 4.78 is 0. The van der Waals surface area contributed by atoms with Crippen LogP contribution in [0.25, 0.3) is 11.1 Å². The van der Waals surface area contributed by atoms with E-state index in [0.29, 0.717) is 16.1 Å². The fraction of sp³-hybridized carbons (Fsp3) is 0.333. The van der Waals surface area contributed by atoms with Crippen LogP contribution in [0.15, 0.2) is 24.3 Å². The lowest BCUT2D eigenvalue weighted by atomic mass is 9.81. The molecule has 0 atom stereocenters. The molecular weight excluding hydrogens is 284 g/mol. The Labute approximate surface area is 131 Å². The van der Waals surface area contributed by atoms with Crippen LogP contribution in [0.3, 0.4) is 0 Å². The maximum Gasteiger partial charge on any atom is 0.127 e. The van der Waals surface area contributed by atoms with Crippen LogP contribution in [-0.4, -0.2) is 10.2 Å². The minimum atomic E-state index is -0.243. The number of phenolic OH excluding ortho intramolecular Hbond substituents is 2. The number of phenols is 2. The molecule has 0 bridgehead atoms. The maximum absolute atomic E-state index is 10.7. The van der Waals surface area contributed by atoms with Crippen LogP contribution in [-0.2, 0) is 5.41 Å². The summed E-state index contributed by atoms with van der Waals surface area (Å²) in [6, 6.07) is 7.03. The van der Waals surface area contributed by atoms with E-state index in [1.165, 1.54) is 0 Å². The summed E-state index contributed by atoms with van der Waals surface area (Å²) in [5, 5.41) is 21.4.